The van der Waals surface area contributed by atoms with Gasteiger partial charge in [0.25, 0.3) is 6.29 Å². The van der Waals surface area contributed by atoms with Crippen molar-refractivity contribution in [1.29, 1.82) is 0 Å². The molecule has 0 aliphatic carbocycles. The van der Waals surface area contributed by atoms with E-state index in [1.807, 2.05) is 21.1 Å². The number of quaternary nitrogens is 1. The molecular formula is C69H136NO8+. The lowest BCUT2D eigenvalue weighted by Gasteiger charge is -2.25. The normalized spacial score (nSPS) is 12.6. The van der Waals surface area contributed by atoms with E-state index < -0.39 is 18.4 Å². The molecule has 78 heavy (non-hydrogen) atoms. The fraction of sp³-hybridized carbons (Fsp3) is 0.957. The Balaban J connectivity index is 3.99. The first kappa shape index (κ1) is 76.3. The van der Waals surface area contributed by atoms with Crippen molar-refractivity contribution in [2.75, 3.05) is 47.5 Å². The fourth-order valence-electron chi connectivity index (χ4n) is 10.8. The smallest absolute Gasteiger partial charge is 0.361 e. The van der Waals surface area contributed by atoms with Crippen LogP contribution in [0.3, 0.4) is 0 Å². The third kappa shape index (κ3) is 61.9. The molecule has 2 unspecified atom stereocenters. The van der Waals surface area contributed by atoms with Crippen LogP contribution < -0.4 is 0 Å². The molecule has 0 aromatic carbocycles. The van der Waals surface area contributed by atoms with Crippen LogP contribution in [0.15, 0.2) is 0 Å². The molecule has 464 valence electrons. The number of hydrogen-bond acceptors (Lipinski definition) is 7. The van der Waals surface area contributed by atoms with Crippen molar-refractivity contribution >= 4 is 17.9 Å². The number of carboxylic acids is 1. The molecule has 0 spiro atoms. The number of nitrogens with zero attached hydrogens (tertiary/aromatic N) is 1. The summed E-state index contributed by atoms with van der Waals surface area (Å²) in [5, 5.41) is 9.73. The van der Waals surface area contributed by atoms with Gasteiger partial charge in [-0.1, -0.05) is 341 Å². The lowest BCUT2D eigenvalue weighted by molar-refractivity contribution is -0.870. The van der Waals surface area contributed by atoms with E-state index >= 15 is 0 Å². The highest BCUT2D eigenvalue weighted by atomic mass is 16.7. The number of aliphatic carboxylic acids is 1. The average Bonchev–Trinajstić information content (AvgIpc) is 3.41. The van der Waals surface area contributed by atoms with Crippen LogP contribution in [0.25, 0.3) is 0 Å². The van der Waals surface area contributed by atoms with Crippen LogP contribution in [0.1, 0.15) is 367 Å². The van der Waals surface area contributed by atoms with Crippen molar-refractivity contribution in [2.24, 2.45) is 0 Å². The van der Waals surface area contributed by atoms with Crippen LogP contribution in [0, 0.1) is 0 Å². The van der Waals surface area contributed by atoms with Crippen molar-refractivity contribution in [2.45, 2.75) is 379 Å². The molecule has 0 heterocycles. The predicted octanol–water partition coefficient (Wildman–Crippen LogP) is 21.1. The zero-order valence-corrected chi connectivity index (χ0v) is 53.1. The summed E-state index contributed by atoms with van der Waals surface area (Å²) >= 11 is 0. The van der Waals surface area contributed by atoms with E-state index in [2.05, 4.69) is 13.8 Å². The van der Waals surface area contributed by atoms with Crippen LogP contribution in [-0.4, -0.2) is 87.4 Å². The lowest BCUT2D eigenvalue weighted by Crippen LogP contribution is -2.40. The second kappa shape index (κ2) is 61.4. The van der Waals surface area contributed by atoms with Gasteiger partial charge in [0.15, 0.2) is 6.10 Å². The number of ether oxygens (including phenoxy) is 4. The standard InChI is InChI=1S/C69H135NO8/c1-6-8-10-12-14-16-18-20-22-24-26-27-28-29-30-31-32-33-34-35-36-37-38-39-40-42-44-46-48-50-52-54-56-58-60-67(72)78-65(64-77-69(68(73)74)75-62-61-70(3,4)5)63-76-66(71)59-57-55-53-51-49-47-45-43-41-25-23-21-19-17-15-13-11-9-7-2/h65,69H,6-64H2,1-5H3/p+1. The number of hydrogen-bond donors (Lipinski definition) is 1. The number of carboxylic acid groups (broad SMARTS) is 1. The maximum atomic E-state index is 12.9. The molecule has 0 fully saturated rings. The Morgan fingerprint density at radius 2 is 0.577 bits per heavy atom. The summed E-state index contributed by atoms with van der Waals surface area (Å²) < 4.78 is 23.0. The van der Waals surface area contributed by atoms with Gasteiger partial charge in [0.1, 0.15) is 13.2 Å². The van der Waals surface area contributed by atoms with Gasteiger partial charge in [-0.25, -0.2) is 4.79 Å². The molecule has 0 aliphatic rings. The average molecular weight is 1110 g/mol. The number of unbranched alkanes of at least 4 members (excludes halogenated alkanes) is 51. The van der Waals surface area contributed by atoms with Gasteiger partial charge in [0, 0.05) is 12.8 Å². The van der Waals surface area contributed by atoms with E-state index in [9.17, 15) is 19.5 Å². The molecular weight excluding hydrogens is 971 g/mol. The molecule has 0 amide bonds. The first-order valence-corrected chi connectivity index (χ1v) is 34.7. The summed E-state index contributed by atoms with van der Waals surface area (Å²) in [7, 11) is 5.99. The minimum atomic E-state index is -1.50. The quantitative estimate of drug-likeness (QED) is 0.0278. The molecule has 0 aromatic heterocycles. The highest BCUT2D eigenvalue weighted by molar-refractivity contribution is 5.71. The monoisotopic (exact) mass is 1110 g/mol. The number of carbonyl (C=O) groups is 3. The number of likely N-dealkylation sites (N-methyl/N-ethyl adjacent to an activating group) is 1. The van der Waals surface area contributed by atoms with Crippen LogP contribution >= 0.6 is 0 Å². The van der Waals surface area contributed by atoms with E-state index in [0.29, 0.717) is 17.4 Å². The summed E-state index contributed by atoms with van der Waals surface area (Å²) in [6.07, 6.45) is 69.4. The summed E-state index contributed by atoms with van der Waals surface area (Å²) in [5.41, 5.74) is 0. The molecule has 9 heteroatoms. The van der Waals surface area contributed by atoms with E-state index in [0.717, 1.165) is 38.5 Å². The van der Waals surface area contributed by atoms with Crippen molar-refractivity contribution < 1.29 is 42.9 Å². The van der Waals surface area contributed by atoms with Gasteiger partial charge >= 0.3 is 17.9 Å². The van der Waals surface area contributed by atoms with Crippen LogP contribution in [0.4, 0.5) is 0 Å². The molecule has 0 aliphatic heterocycles. The Morgan fingerprint density at radius 3 is 0.821 bits per heavy atom. The molecule has 0 rings (SSSR count). The van der Waals surface area contributed by atoms with E-state index in [4.69, 9.17) is 18.9 Å². The van der Waals surface area contributed by atoms with Gasteiger partial charge in [-0.3, -0.25) is 9.59 Å². The minimum absolute atomic E-state index is 0.172. The lowest BCUT2D eigenvalue weighted by atomic mass is 10.0. The second-order valence-corrected chi connectivity index (χ2v) is 25.2. The van der Waals surface area contributed by atoms with Crippen molar-refractivity contribution in [3.63, 3.8) is 0 Å². The molecule has 0 saturated heterocycles. The zero-order valence-electron chi connectivity index (χ0n) is 53.1. The SMILES string of the molecule is CCCCCCCCCCCCCCCCCCCCCCCCCCCCCCCCCCCCC(=O)OC(COC(=O)CCCCCCCCCCCCCCCCCCCCC)COC(OCC[N+](C)(C)C)C(=O)O. The highest BCUT2D eigenvalue weighted by Gasteiger charge is 2.25. The Hall–Kier alpha value is -1.71. The Morgan fingerprint density at radius 1 is 0.333 bits per heavy atom. The maximum absolute atomic E-state index is 12.9. The van der Waals surface area contributed by atoms with Gasteiger partial charge in [0.2, 0.25) is 0 Å². The van der Waals surface area contributed by atoms with Gasteiger partial charge in [-0.2, -0.15) is 0 Å². The third-order valence-electron chi connectivity index (χ3n) is 16.1. The van der Waals surface area contributed by atoms with Crippen molar-refractivity contribution in [1.82, 2.24) is 0 Å². The van der Waals surface area contributed by atoms with Crippen LogP contribution in [-0.2, 0) is 33.3 Å². The van der Waals surface area contributed by atoms with Gasteiger partial charge < -0.3 is 28.5 Å². The molecule has 2 atom stereocenters. The minimum Gasteiger partial charge on any atom is -0.477 e. The highest BCUT2D eigenvalue weighted by Crippen LogP contribution is 2.19. The van der Waals surface area contributed by atoms with E-state index in [-0.39, 0.29) is 38.2 Å². The van der Waals surface area contributed by atoms with Crippen LogP contribution in [0.2, 0.25) is 0 Å². The maximum Gasteiger partial charge on any atom is 0.361 e. The molecule has 0 radical (unpaired) electrons. The molecule has 0 bridgehead atoms. The molecule has 9 nitrogen and oxygen atoms in total. The summed E-state index contributed by atoms with van der Waals surface area (Å²) in [6.45, 7) is 4.97. The molecule has 1 N–H and O–H groups in total. The number of carbonyl (C=O) groups excluding carboxylic acids is 2. The van der Waals surface area contributed by atoms with E-state index in [1.165, 1.54) is 302 Å². The topological polar surface area (TPSA) is 108 Å². The molecule has 0 aromatic rings. The Labute approximate surface area is 485 Å². The van der Waals surface area contributed by atoms with Gasteiger partial charge in [-0.15, -0.1) is 0 Å². The van der Waals surface area contributed by atoms with Gasteiger partial charge in [0.05, 0.1) is 34.4 Å². The first-order valence-electron chi connectivity index (χ1n) is 34.7. The third-order valence-corrected chi connectivity index (χ3v) is 16.1. The second-order valence-electron chi connectivity index (χ2n) is 25.2. The summed E-state index contributed by atoms with van der Waals surface area (Å²) in [5.74, 6) is -1.97. The van der Waals surface area contributed by atoms with Crippen LogP contribution in [0.5, 0.6) is 0 Å². The number of esters is 2. The van der Waals surface area contributed by atoms with Gasteiger partial charge in [-0.05, 0) is 12.8 Å². The zero-order chi connectivity index (χ0) is 56.9. The largest absolute Gasteiger partial charge is 0.477 e. The fourth-order valence-corrected chi connectivity index (χ4v) is 10.8. The number of rotatable bonds is 66. The summed E-state index contributed by atoms with van der Waals surface area (Å²) in [6, 6.07) is 0. The van der Waals surface area contributed by atoms with Crippen molar-refractivity contribution in [3.8, 4) is 0 Å². The Bertz CT molecular complexity index is 1240. The Kier molecular flexibility index (Phi) is 60.0. The van der Waals surface area contributed by atoms with E-state index in [1.54, 1.807) is 0 Å². The predicted molar refractivity (Wildman–Crippen MR) is 332 cm³/mol. The summed E-state index contributed by atoms with van der Waals surface area (Å²) in [4.78, 5) is 37.5. The first-order chi connectivity index (χ1) is 38.1. The molecule has 0 saturated carbocycles. The van der Waals surface area contributed by atoms with Crippen molar-refractivity contribution in [3.05, 3.63) is 0 Å².